The van der Waals surface area contributed by atoms with Crippen LogP contribution in [0.3, 0.4) is 0 Å². The second-order valence-electron chi connectivity index (χ2n) is 15.2. The molecule has 12 aromatic rings. The highest BCUT2D eigenvalue weighted by Crippen LogP contribution is 2.42. The van der Waals surface area contributed by atoms with Gasteiger partial charge in [0.2, 0.25) is 0 Å². The van der Waals surface area contributed by atoms with E-state index >= 15 is 0 Å². The first kappa shape index (κ1) is 34.6. The monoisotopic (exact) mass is 779 g/mol. The lowest BCUT2D eigenvalue weighted by molar-refractivity contribution is 1.08. The molecule has 0 saturated carbocycles. The fraction of sp³-hybridized carbons (Fsp3) is 0. The Balaban J connectivity index is 1.02. The van der Waals surface area contributed by atoms with E-state index in [0.717, 1.165) is 116 Å². The Bertz CT molecular complexity index is 3620. The van der Waals surface area contributed by atoms with Crippen molar-refractivity contribution in [1.29, 1.82) is 0 Å². The highest BCUT2D eigenvalue weighted by atomic mass is 15.1. The van der Waals surface area contributed by atoms with Gasteiger partial charge >= 0.3 is 0 Å². The van der Waals surface area contributed by atoms with E-state index in [-0.39, 0.29) is 0 Å². The van der Waals surface area contributed by atoms with Gasteiger partial charge in [-0.25, -0.2) is 15.0 Å². The van der Waals surface area contributed by atoms with Crippen molar-refractivity contribution in [3.05, 3.63) is 201 Å². The molecule has 0 saturated heterocycles. The standard InChI is InChI=1S/C54H33N7/c1-5-13-47-34(8-1)15-22-49(59-47)39-17-21-46(56-32-39)36-19-25-52-44(28-36)45-29-43(51-24-18-40(33-57-51)50-23-16-35-9-2-6-14-48(35)60-50)41-11-3-4-12-42(41)54(45)61(52)53-26-20-38(31-58-53)37-10-7-27-55-30-37/h1-33H. The highest BCUT2D eigenvalue weighted by molar-refractivity contribution is 6.22. The van der Waals surface area contributed by atoms with Gasteiger partial charge in [0, 0.05) is 91.3 Å². The number of pyridine rings is 6. The molecule has 0 radical (unpaired) electrons. The molecule has 0 unspecified atom stereocenters. The minimum absolute atomic E-state index is 0.828. The highest BCUT2D eigenvalue weighted by Gasteiger charge is 2.20. The van der Waals surface area contributed by atoms with Crippen molar-refractivity contribution in [2.24, 2.45) is 0 Å². The number of benzene rings is 5. The summed E-state index contributed by atoms with van der Waals surface area (Å²) in [5, 5.41) is 6.64. The van der Waals surface area contributed by atoms with Crippen LogP contribution in [-0.2, 0) is 0 Å². The molecular formula is C54H33N7. The van der Waals surface area contributed by atoms with Crippen LogP contribution < -0.4 is 0 Å². The van der Waals surface area contributed by atoms with E-state index in [1.165, 1.54) is 0 Å². The number of rotatable bonds is 6. The van der Waals surface area contributed by atoms with E-state index in [1.54, 1.807) is 6.20 Å². The molecule has 0 N–H and O–H groups in total. The normalized spacial score (nSPS) is 11.6. The predicted octanol–water partition coefficient (Wildman–Crippen LogP) is 12.9. The summed E-state index contributed by atoms with van der Waals surface area (Å²) in [7, 11) is 0. The average molecular weight is 780 g/mol. The molecule has 7 nitrogen and oxygen atoms in total. The van der Waals surface area contributed by atoms with Gasteiger partial charge in [0.1, 0.15) is 5.82 Å². The van der Waals surface area contributed by atoms with Crippen LogP contribution in [0.4, 0.5) is 0 Å². The fourth-order valence-corrected chi connectivity index (χ4v) is 8.58. The molecule has 0 amide bonds. The summed E-state index contributed by atoms with van der Waals surface area (Å²) in [5.74, 6) is 0.828. The van der Waals surface area contributed by atoms with Crippen molar-refractivity contribution in [2.45, 2.75) is 0 Å². The first-order valence-corrected chi connectivity index (χ1v) is 20.2. The first-order valence-electron chi connectivity index (χ1n) is 20.2. The van der Waals surface area contributed by atoms with Crippen molar-refractivity contribution in [2.75, 3.05) is 0 Å². The summed E-state index contributed by atoms with van der Waals surface area (Å²) < 4.78 is 2.29. The van der Waals surface area contributed by atoms with Gasteiger partial charge in [0.05, 0.1) is 44.8 Å². The molecule has 7 aromatic heterocycles. The zero-order valence-electron chi connectivity index (χ0n) is 32.7. The van der Waals surface area contributed by atoms with Gasteiger partial charge in [-0.2, -0.15) is 0 Å². The van der Waals surface area contributed by atoms with Gasteiger partial charge in [-0.05, 0) is 90.3 Å². The largest absolute Gasteiger partial charge is 0.293 e. The van der Waals surface area contributed by atoms with Crippen LogP contribution in [0.1, 0.15) is 0 Å². The Morgan fingerprint density at radius 2 is 0.967 bits per heavy atom. The van der Waals surface area contributed by atoms with Crippen LogP contribution in [0, 0.1) is 0 Å². The predicted molar refractivity (Wildman–Crippen MR) is 247 cm³/mol. The molecular weight excluding hydrogens is 747 g/mol. The summed E-state index contributed by atoms with van der Waals surface area (Å²) in [6.45, 7) is 0. The van der Waals surface area contributed by atoms with Gasteiger partial charge in [0.25, 0.3) is 0 Å². The van der Waals surface area contributed by atoms with E-state index in [0.29, 0.717) is 0 Å². The number of fused-ring (bicyclic) bond motifs is 7. The Morgan fingerprint density at radius 3 is 1.62 bits per heavy atom. The Kier molecular flexibility index (Phi) is 8.03. The Morgan fingerprint density at radius 1 is 0.361 bits per heavy atom. The summed E-state index contributed by atoms with van der Waals surface area (Å²) >= 11 is 0. The molecule has 0 spiro atoms. The van der Waals surface area contributed by atoms with Gasteiger partial charge in [-0.3, -0.25) is 19.5 Å². The Labute approximate surface area is 350 Å². The van der Waals surface area contributed by atoms with Gasteiger partial charge in [0.15, 0.2) is 0 Å². The van der Waals surface area contributed by atoms with Crippen LogP contribution in [0.5, 0.6) is 0 Å². The van der Waals surface area contributed by atoms with E-state index < -0.39 is 0 Å². The molecule has 284 valence electrons. The van der Waals surface area contributed by atoms with Crippen molar-refractivity contribution in [3.63, 3.8) is 0 Å². The SMILES string of the molecule is c1cncc(-c2ccc(-n3c4ccc(-c5ccc(-c6ccc7ccccc7n6)cn5)cc4c4cc(-c5ccc(-c6ccc7ccccc7n6)cn5)c5ccccc5c43)nc2)c1. The molecule has 0 aliphatic heterocycles. The van der Waals surface area contributed by atoms with Crippen molar-refractivity contribution < 1.29 is 0 Å². The van der Waals surface area contributed by atoms with Crippen LogP contribution in [0.25, 0.3) is 116 Å². The zero-order chi connectivity index (χ0) is 40.3. The minimum atomic E-state index is 0.828. The van der Waals surface area contributed by atoms with E-state index in [1.807, 2.05) is 67.3 Å². The van der Waals surface area contributed by atoms with Gasteiger partial charge in [-0.1, -0.05) is 84.9 Å². The van der Waals surface area contributed by atoms with Crippen molar-refractivity contribution >= 4 is 54.4 Å². The number of nitrogens with zero attached hydrogens (tertiary/aromatic N) is 7. The van der Waals surface area contributed by atoms with Crippen LogP contribution in [0.15, 0.2) is 201 Å². The zero-order valence-corrected chi connectivity index (χ0v) is 32.7. The van der Waals surface area contributed by atoms with Gasteiger partial charge < -0.3 is 0 Å². The number of hydrogen-bond acceptors (Lipinski definition) is 6. The maximum Gasteiger partial charge on any atom is 0.137 e. The summed E-state index contributed by atoms with van der Waals surface area (Å²) in [5.41, 5.74) is 13.7. The topological polar surface area (TPSA) is 82.3 Å². The van der Waals surface area contributed by atoms with Crippen LogP contribution in [-0.4, -0.2) is 34.5 Å². The number of hydrogen-bond donors (Lipinski definition) is 0. The maximum atomic E-state index is 5.08. The number of para-hydroxylation sites is 2. The van der Waals surface area contributed by atoms with Crippen LogP contribution in [0.2, 0.25) is 0 Å². The van der Waals surface area contributed by atoms with E-state index in [2.05, 4.69) is 137 Å². The lowest BCUT2D eigenvalue weighted by atomic mass is 9.97. The second kappa shape index (κ2) is 14.1. The van der Waals surface area contributed by atoms with E-state index in [4.69, 9.17) is 24.9 Å². The maximum absolute atomic E-state index is 5.08. The fourth-order valence-electron chi connectivity index (χ4n) is 8.58. The van der Waals surface area contributed by atoms with Crippen molar-refractivity contribution in [3.8, 4) is 62.0 Å². The lowest BCUT2D eigenvalue weighted by Crippen LogP contribution is -1.98. The molecule has 0 aliphatic rings. The molecule has 0 atom stereocenters. The summed E-state index contributed by atoms with van der Waals surface area (Å²) in [6.07, 6.45) is 9.44. The third-order valence-corrected chi connectivity index (χ3v) is 11.6. The Hall–Kier alpha value is -8.42. The quantitative estimate of drug-likeness (QED) is 0.167. The molecule has 7 heterocycles. The van der Waals surface area contributed by atoms with Crippen LogP contribution >= 0.6 is 0 Å². The summed E-state index contributed by atoms with van der Waals surface area (Å²) in [4.78, 5) is 29.3. The third kappa shape index (κ3) is 5.98. The molecule has 7 heteroatoms. The average Bonchev–Trinajstić information content (AvgIpc) is 3.67. The molecule has 12 rings (SSSR count). The molecule has 0 aliphatic carbocycles. The van der Waals surface area contributed by atoms with Gasteiger partial charge in [-0.15, -0.1) is 0 Å². The first-order chi connectivity index (χ1) is 30.2. The second-order valence-corrected chi connectivity index (χ2v) is 15.2. The third-order valence-electron chi connectivity index (χ3n) is 11.6. The minimum Gasteiger partial charge on any atom is -0.293 e. The van der Waals surface area contributed by atoms with E-state index in [9.17, 15) is 0 Å². The number of aromatic nitrogens is 7. The molecule has 0 bridgehead atoms. The molecule has 5 aromatic carbocycles. The molecule has 0 fully saturated rings. The smallest absolute Gasteiger partial charge is 0.137 e. The van der Waals surface area contributed by atoms with Crippen molar-refractivity contribution in [1.82, 2.24) is 34.5 Å². The molecule has 61 heavy (non-hydrogen) atoms. The summed E-state index contributed by atoms with van der Waals surface area (Å²) in [6, 6.07) is 58.8. The lowest BCUT2D eigenvalue weighted by Gasteiger charge is -2.12.